The maximum absolute atomic E-state index is 6.44. The van der Waals surface area contributed by atoms with Gasteiger partial charge in [0.2, 0.25) is 0 Å². The molecule has 1 aliphatic carbocycles. The van der Waals surface area contributed by atoms with Gasteiger partial charge < -0.3 is 14.4 Å². The molecule has 4 rings (SSSR count). The molecule has 5 atom stereocenters. The van der Waals surface area contributed by atoms with E-state index in [0.717, 1.165) is 30.9 Å². The number of halogens is 1. The van der Waals surface area contributed by atoms with E-state index < -0.39 is 0 Å². The Bertz CT molecular complexity index is 620. The van der Waals surface area contributed by atoms with Crippen molar-refractivity contribution < 1.29 is 13.3 Å². The van der Waals surface area contributed by atoms with Crippen LogP contribution in [0.25, 0.3) is 0 Å². The monoisotopic (exact) mass is 379 g/mol. The number of piperidine rings is 1. The molecule has 0 amide bonds. The molecule has 2 aliphatic heterocycles. The van der Waals surface area contributed by atoms with Crippen LogP contribution in [-0.4, -0.2) is 43.9 Å². The summed E-state index contributed by atoms with van der Waals surface area (Å²) in [5.74, 6) is 2.58. The van der Waals surface area contributed by atoms with Crippen LogP contribution < -0.4 is 9.47 Å². The minimum atomic E-state index is -0.0771. The predicted molar refractivity (Wildman–Crippen MR) is 92.1 cm³/mol. The van der Waals surface area contributed by atoms with E-state index in [4.69, 9.17) is 13.3 Å². The third-order valence-electron chi connectivity index (χ3n) is 5.63. The van der Waals surface area contributed by atoms with Gasteiger partial charge in [0.05, 0.1) is 23.4 Å². The average molecular weight is 380 g/mol. The number of rotatable bonds is 2. The zero-order chi connectivity index (χ0) is 16.0. The fourth-order valence-corrected chi connectivity index (χ4v) is 4.73. The Kier molecular flexibility index (Phi) is 4.12. The highest BCUT2D eigenvalue weighted by Gasteiger charge is 2.46. The second-order valence-corrected chi connectivity index (χ2v) is 7.16. The van der Waals surface area contributed by atoms with Crippen LogP contribution in [0.1, 0.15) is 12.0 Å². The molecule has 1 aromatic rings. The van der Waals surface area contributed by atoms with E-state index >= 15 is 0 Å². The zero-order valence-corrected chi connectivity index (χ0v) is 15.0. The molecule has 1 fully saturated rings. The highest BCUT2D eigenvalue weighted by molar-refractivity contribution is 9.06. The first kappa shape index (κ1) is 15.5. The van der Waals surface area contributed by atoms with Crippen molar-refractivity contribution in [3.8, 4) is 11.5 Å². The highest BCUT2D eigenvalue weighted by Crippen LogP contribution is 2.43. The molecule has 0 spiro atoms. The van der Waals surface area contributed by atoms with Crippen LogP contribution in [0.5, 0.6) is 11.5 Å². The Morgan fingerprint density at radius 2 is 2.17 bits per heavy atom. The first-order valence-electron chi connectivity index (χ1n) is 8.21. The number of likely N-dealkylation sites (tertiary alicyclic amines) is 1. The Balaban J connectivity index is 1.82. The molecule has 124 valence electrons. The summed E-state index contributed by atoms with van der Waals surface area (Å²) >= 11 is 3.18. The van der Waals surface area contributed by atoms with Crippen LogP contribution in [0, 0.1) is 11.8 Å². The van der Waals surface area contributed by atoms with Gasteiger partial charge in [-0.15, -0.1) is 0 Å². The van der Waals surface area contributed by atoms with Gasteiger partial charge >= 0.3 is 0 Å². The van der Waals surface area contributed by atoms with Crippen molar-refractivity contribution in [2.45, 2.75) is 31.1 Å². The lowest BCUT2D eigenvalue weighted by molar-refractivity contribution is -0.0215. The summed E-state index contributed by atoms with van der Waals surface area (Å²) in [5, 5.41) is 0. The molecule has 5 heteroatoms. The Labute approximate surface area is 145 Å². The quantitative estimate of drug-likeness (QED) is 0.738. The second kappa shape index (κ2) is 6.11. The molecular weight excluding hydrogens is 358 g/mol. The van der Waals surface area contributed by atoms with Crippen molar-refractivity contribution in [2.75, 3.05) is 20.7 Å². The van der Waals surface area contributed by atoms with Crippen LogP contribution in [-0.2, 0) is 10.2 Å². The van der Waals surface area contributed by atoms with Gasteiger partial charge in [-0.3, -0.25) is 3.83 Å². The van der Waals surface area contributed by atoms with Gasteiger partial charge in [0.1, 0.15) is 12.2 Å². The number of ether oxygens (including phenoxy) is 2. The molecule has 1 aromatic carbocycles. The van der Waals surface area contributed by atoms with Crippen molar-refractivity contribution in [2.24, 2.45) is 11.8 Å². The summed E-state index contributed by atoms with van der Waals surface area (Å²) in [4.78, 5) is 2.49. The van der Waals surface area contributed by atoms with Crippen molar-refractivity contribution in [1.29, 1.82) is 0 Å². The molecule has 2 heterocycles. The van der Waals surface area contributed by atoms with Crippen LogP contribution >= 0.6 is 16.3 Å². The van der Waals surface area contributed by atoms with Gasteiger partial charge in [-0.25, -0.2) is 0 Å². The van der Waals surface area contributed by atoms with Crippen molar-refractivity contribution in [1.82, 2.24) is 4.90 Å². The molecule has 0 N–H and O–H groups in total. The fraction of sp³-hybridized carbons (Fsp3) is 0.556. The predicted octanol–water partition coefficient (Wildman–Crippen LogP) is 3.20. The van der Waals surface area contributed by atoms with E-state index in [2.05, 4.69) is 52.5 Å². The third-order valence-corrected chi connectivity index (χ3v) is 6.06. The van der Waals surface area contributed by atoms with Crippen molar-refractivity contribution in [3.63, 3.8) is 0 Å². The van der Waals surface area contributed by atoms with Gasteiger partial charge in [0.25, 0.3) is 0 Å². The van der Waals surface area contributed by atoms with E-state index in [0.29, 0.717) is 17.9 Å². The van der Waals surface area contributed by atoms with Crippen LogP contribution in [0.2, 0.25) is 0 Å². The van der Waals surface area contributed by atoms with Gasteiger partial charge in [-0.1, -0.05) is 18.2 Å². The topological polar surface area (TPSA) is 30.9 Å². The Hall–Kier alpha value is -1.04. The third kappa shape index (κ3) is 2.59. The van der Waals surface area contributed by atoms with Crippen LogP contribution in [0.3, 0.4) is 0 Å². The molecule has 0 saturated carbocycles. The second-order valence-electron chi connectivity index (χ2n) is 6.79. The lowest BCUT2D eigenvalue weighted by Gasteiger charge is -2.47. The summed E-state index contributed by atoms with van der Waals surface area (Å²) in [5.41, 5.74) is 1.30. The molecule has 6 bridgehead atoms. The standard InChI is InChI=1S/C18H22BrNO3/c1-20-8-7-13-12-4-6-16(23-19)18(13)22-17-10-11(9-14(12)20)3-5-15(17)21-2/h3-6,10,12-14,16,18H,7-9H2,1-2H3/t12-,13+,14-,16+,18-/m1/s1. The maximum atomic E-state index is 6.44. The number of benzene rings is 1. The van der Waals surface area contributed by atoms with Gasteiger partial charge in [0.15, 0.2) is 11.5 Å². The summed E-state index contributed by atoms with van der Waals surface area (Å²) in [7, 11) is 3.93. The Morgan fingerprint density at radius 3 is 2.96 bits per heavy atom. The SMILES string of the molecule is COc1ccc2cc1O[C@@H]1[C@H]3CCN(C)[C@H](C2)[C@@H]3C=C[C@@H]1OBr. The number of nitrogens with zero attached hydrogens (tertiary/aromatic N) is 1. The first-order valence-corrected chi connectivity index (χ1v) is 8.85. The van der Waals surface area contributed by atoms with Gasteiger partial charge in [-0.2, -0.15) is 0 Å². The van der Waals surface area contributed by atoms with E-state index in [1.165, 1.54) is 5.56 Å². The van der Waals surface area contributed by atoms with Crippen molar-refractivity contribution in [3.05, 3.63) is 35.9 Å². The largest absolute Gasteiger partial charge is 0.493 e. The normalized spacial score (nSPS) is 35.7. The smallest absolute Gasteiger partial charge is 0.162 e. The fourth-order valence-electron chi connectivity index (χ4n) is 4.39. The van der Waals surface area contributed by atoms with Crippen LogP contribution in [0.15, 0.2) is 30.4 Å². The van der Waals surface area contributed by atoms with E-state index in [1.54, 1.807) is 7.11 Å². The number of methoxy groups -OCH3 is 1. The summed E-state index contributed by atoms with van der Waals surface area (Å²) in [6.45, 7) is 1.10. The average Bonchev–Trinajstić information content (AvgIpc) is 2.58. The molecular formula is C18H22BrNO3. The number of fused-ring (bicyclic) bond motifs is 2. The van der Waals surface area contributed by atoms with Gasteiger partial charge in [-0.05, 0) is 50.0 Å². The molecule has 0 aromatic heterocycles. The zero-order valence-electron chi connectivity index (χ0n) is 13.4. The number of hydrogen-bond acceptors (Lipinski definition) is 4. The number of hydrogen-bond donors (Lipinski definition) is 0. The lowest BCUT2D eigenvalue weighted by atomic mass is 9.71. The molecule has 1 saturated heterocycles. The summed E-state index contributed by atoms with van der Waals surface area (Å²) in [6, 6.07) is 6.81. The molecule has 0 unspecified atom stereocenters. The lowest BCUT2D eigenvalue weighted by Crippen LogP contribution is -2.55. The Morgan fingerprint density at radius 1 is 1.30 bits per heavy atom. The van der Waals surface area contributed by atoms with E-state index in [1.807, 2.05) is 6.07 Å². The summed E-state index contributed by atoms with van der Waals surface area (Å²) < 4.78 is 17.5. The molecule has 23 heavy (non-hydrogen) atoms. The van der Waals surface area contributed by atoms with Crippen LogP contribution in [0.4, 0.5) is 0 Å². The van der Waals surface area contributed by atoms with Gasteiger partial charge in [0, 0.05) is 12.0 Å². The van der Waals surface area contributed by atoms with Crippen molar-refractivity contribution >= 4 is 16.3 Å². The molecule has 4 nitrogen and oxygen atoms in total. The minimum Gasteiger partial charge on any atom is -0.493 e. The van der Waals surface area contributed by atoms with E-state index in [9.17, 15) is 0 Å². The minimum absolute atomic E-state index is 0.00262. The first-order chi connectivity index (χ1) is 11.2. The highest BCUT2D eigenvalue weighted by atomic mass is 79.9. The maximum Gasteiger partial charge on any atom is 0.162 e. The van der Waals surface area contributed by atoms with E-state index in [-0.39, 0.29) is 12.2 Å². The molecule has 3 aliphatic rings. The number of likely N-dealkylation sites (N-methyl/N-ethyl adjacent to an activating group) is 1. The summed E-state index contributed by atoms with van der Waals surface area (Å²) in [6.07, 6.45) is 6.57. The molecule has 0 radical (unpaired) electrons.